The zero-order valence-electron chi connectivity index (χ0n) is 31.0. The summed E-state index contributed by atoms with van der Waals surface area (Å²) in [6, 6.07) is 20.1. The van der Waals surface area contributed by atoms with Crippen LogP contribution in [-0.4, -0.2) is 90.4 Å². The second-order valence-electron chi connectivity index (χ2n) is 13.4. The van der Waals surface area contributed by atoms with Crippen LogP contribution in [0.3, 0.4) is 0 Å². The fourth-order valence-corrected chi connectivity index (χ4v) is 9.77. The average molecular weight is 803 g/mol. The SMILES string of the molecule is COC(=O)CN1CCC(c2ccc(S(=O)(=O)c3cccc(F)c3)cc2C)C1.Cc1cc(S(=O)(=O)c2cccc(F)c2)ccc1C1CCN(CC(N)=O)C1.N.O. The lowest BCUT2D eigenvalue weighted by Crippen LogP contribution is -2.31. The van der Waals surface area contributed by atoms with Gasteiger partial charge in [0.2, 0.25) is 25.6 Å². The third kappa shape index (κ3) is 10.8. The van der Waals surface area contributed by atoms with E-state index >= 15 is 0 Å². The topological polar surface area (TPSA) is 211 Å². The van der Waals surface area contributed by atoms with Gasteiger partial charge in [0.05, 0.1) is 39.8 Å². The number of carbonyl (C=O) groups is 2. The van der Waals surface area contributed by atoms with E-state index < -0.39 is 31.3 Å². The number of hydrogen-bond acceptors (Lipinski definition) is 10. The van der Waals surface area contributed by atoms with E-state index in [4.69, 9.17) is 10.5 Å². The van der Waals surface area contributed by atoms with E-state index in [0.29, 0.717) is 0 Å². The minimum absolute atomic E-state index is 0. The van der Waals surface area contributed by atoms with Crippen molar-refractivity contribution in [2.24, 2.45) is 5.73 Å². The number of esters is 1. The molecule has 0 bridgehead atoms. The van der Waals surface area contributed by atoms with Crippen LogP contribution in [0.15, 0.2) is 105 Å². The van der Waals surface area contributed by atoms with E-state index in [1.807, 2.05) is 35.8 Å². The maximum absolute atomic E-state index is 13.4. The van der Waals surface area contributed by atoms with E-state index in [9.17, 15) is 35.2 Å². The number of sulfone groups is 2. The lowest BCUT2D eigenvalue weighted by atomic mass is 9.94. The number of rotatable bonds is 10. The molecule has 0 aromatic heterocycles. The molecule has 2 fully saturated rings. The number of carbonyl (C=O) groups excluding carboxylic acids is 2. The van der Waals surface area contributed by atoms with Crippen LogP contribution >= 0.6 is 0 Å². The largest absolute Gasteiger partial charge is 0.468 e. The molecule has 4 aromatic rings. The van der Waals surface area contributed by atoms with Gasteiger partial charge < -0.3 is 22.1 Å². The lowest BCUT2D eigenvalue weighted by Gasteiger charge is -2.17. The Hall–Kier alpha value is -4.58. The maximum Gasteiger partial charge on any atom is 0.319 e. The Kier molecular flexibility index (Phi) is 15.4. The highest BCUT2D eigenvalue weighted by Crippen LogP contribution is 2.33. The first-order valence-electron chi connectivity index (χ1n) is 17.1. The molecule has 2 atom stereocenters. The van der Waals surface area contributed by atoms with Gasteiger partial charge in [-0.3, -0.25) is 19.4 Å². The van der Waals surface area contributed by atoms with Gasteiger partial charge in [0.25, 0.3) is 0 Å². The Bertz CT molecular complexity index is 2220. The van der Waals surface area contributed by atoms with Crippen LogP contribution in [0.2, 0.25) is 0 Å². The van der Waals surface area contributed by atoms with Crippen LogP contribution in [0, 0.1) is 25.5 Å². The summed E-state index contributed by atoms with van der Waals surface area (Å²) in [6.07, 6.45) is 1.79. The van der Waals surface area contributed by atoms with E-state index in [1.165, 1.54) is 43.5 Å². The molecule has 0 saturated carbocycles. The molecule has 2 aliphatic rings. The van der Waals surface area contributed by atoms with E-state index in [2.05, 4.69) is 0 Å². The molecule has 1 amide bonds. The van der Waals surface area contributed by atoms with Gasteiger partial charge in [-0.25, -0.2) is 25.6 Å². The molecular weight excluding hydrogens is 755 g/mol. The van der Waals surface area contributed by atoms with Gasteiger partial charge in [-0.1, -0.05) is 24.3 Å². The van der Waals surface area contributed by atoms with Crippen LogP contribution in [0.4, 0.5) is 8.78 Å². The van der Waals surface area contributed by atoms with Crippen molar-refractivity contribution in [2.75, 3.05) is 46.4 Å². The number of primary amides is 1. The number of likely N-dealkylation sites (tertiary alicyclic amines) is 2. The third-order valence-electron chi connectivity index (χ3n) is 9.70. The number of benzene rings is 4. The highest BCUT2D eigenvalue weighted by Gasteiger charge is 2.29. The third-order valence-corrected chi connectivity index (χ3v) is 13.2. The summed E-state index contributed by atoms with van der Waals surface area (Å²) in [5, 5.41) is 0. The number of ether oxygens (including phenoxy) is 1. The number of amides is 1. The molecule has 55 heavy (non-hydrogen) atoms. The molecule has 298 valence electrons. The van der Waals surface area contributed by atoms with Crippen LogP contribution < -0.4 is 11.9 Å². The zero-order valence-corrected chi connectivity index (χ0v) is 32.6. The first-order valence-corrected chi connectivity index (χ1v) is 20.1. The van der Waals surface area contributed by atoms with Crippen molar-refractivity contribution in [1.82, 2.24) is 16.0 Å². The minimum atomic E-state index is -3.77. The Labute approximate surface area is 321 Å². The van der Waals surface area contributed by atoms with Crippen molar-refractivity contribution < 1.29 is 45.4 Å². The van der Waals surface area contributed by atoms with Crippen molar-refractivity contribution in [1.29, 1.82) is 0 Å². The number of halogens is 2. The zero-order chi connectivity index (χ0) is 38.5. The van der Waals surface area contributed by atoms with Crippen molar-refractivity contribution in [3.05, 3.63) is 119 Å². The monoisotopic (exact) mass is 802 g/mol. The number of methoxy groups -OCH3 is 1. The van der Waals surface area contributed by atoms with Gasteiger partial charge >= 0.3 is 5.97 Å². The molecule has 2 saturated heterocycles. The van der Waals surface area contributed by atoms with Crippen molar-refractivity contribution in [2.45, 2.75) is 58.1 Å². The Morgan fingerprint density at radius 3 is 1.45 bits per heavy atom. The van der Waals surface area contributed by atoms with E-state index in [0.717, 1.165) is 73.4 Å². The summed E-state index contributed by atoms with van der Waals surface area (Å²) in [6.45, 7) is 7.28. The maximum atomic E-state index is 13.4. The molecule has 6 rings (SSSR count). The molecule has 12 nitrogen and oxygen atoms in total. The van der Waals surface area contributed by atoms with Gasteiger partial charge in [-0.2, -0.15) is 0 Å². The molecule has 7 N–H and O–H groups in total. The smallest absolute Gasteiger partial charge is 0.319 e. The van der Waals surface area contributed by atoms with Gasteiger partial charge in [0.1, 0.15) is 11.6 Å². The first-order chi connectivity index (χ1) is 25.1. The molecule has 2 unspecified atom stereocenters. The Morgan fingerprint density at radius 2 is 1.09 bits per heavy atom. The first kappa shape index (κ1) is 44.8. The normalized spacial score (nSPS) is 17.3. The van der Waals surface area contributed by atoms with Gasteiger partial charge in [0.15, 0.2) is 0 Å². The second kappa shape index (κ2) is 18.8. The predicted octanol–water partition coefficient (Wildman–Crippen LogP) is 4.51. The molecule has 0 spiro atoms. The number of nitrogens with zero attached hydrogens (tertiary/aromatic N) is 2. The summed E-state index contributed by atoms with van der Waals surface area (Å²) in [4.78, 5) is 26.7. The average Bonchev–Trinajstić information content (AvgIpc) is 3.77. The standard InChI is InChI=1S/C20H22FNO4S.C19H21FN2O3S.H3N.H2O/c1-14-10-18(27(24,25)17-5-3-4-16(21)11-17)6-7-19(14)15-8-9-22(12-15)13-20(23)26-2;1-13-9-17(26(24,25)16-4-2-3-15(20)10-16)5-6-18(13)14-7-8-22(11-14)12-19(21)23;;/h3-7,10-11,15H,8-9,12-13H2,1-2H3;2-6,9-10,14H,7-8,11-12H2,1H3,(H2,21,23);1H3;1H2. The van der Waals surface area contributed by atoms with E-state index in [-0.39, 0.29) is 68.0 Å². The summed E-state index contributed by atoms with van der Waals surface area (Å²) in [5.74, 6) is -1.30. The minimum Gasteiger partial charge on any atom is -0.468 e. The molecule has 0 aliphatic carbocycles. The molecule has 2 heterocycles. The molecule has 2 aliphatic heterocycles. The lowest BCUT2D eigenvalue weighted by molar-refractivity contribution is -0.141. The van der Waals surface area contributed by atoms with Crippen LogP contribution in [-0.2, 0) is 34.0 Å². The highest BCUT2D eigenvalue weighted by molar-refractivity contribution is 7.91. The van der Waals surface area contributed by atoms with Gasteiger partial charge in [-0.05, 0) is 135 Å². The van der Waals surface area contributed by atoms with Crippen LogP contribution in [0.1, 0.15) is 46.9 Å². The van der Waals surface area contributed by atoms with Gasteiger partial charge in [0, 0.05) is 13.1 Å². The summed E-state index contributed by atoms with van der Waals surface area (Å²) in [5.41, 5.74) is 9.12. The number of nitrogens with two attached hydrogens (primary N) is 1. The summed E-state index contributed by atoms with van der Waals surface area (Å²) in [7, 11) is -6.16. The molecule has 16 heteroatoms. The highest BCUT2D eigenvalue weighted by atomic mass is 32.2. The second-order valence-corrected chi connectivity index (χ2v) is 17.3. The predicted molar refractivity (Wildman–Crippen MR) is 204 cm³/mol. The number of hydrogen-bond donors (Lipinski definition) is 2. The fraction of sp³-hybridized carbons (Fsp3) is 0.333. The fourth-order valence-electron chi connectivity index (χ4n) is 7.02. The van der Waals surface area contributed by atoms with Crippen molar-refractivity contribution in [3.63, 3.8) is 0 Å². The summed E-state index contributed by atoms with van der Waals surface area (Å²) >= 11 is 0. The van der Waals surface area contributed by atoms with E-state index in [1.54, 1.807) is 24.3 Å². The van der Waals surface area contributed by atoms with Crippen LogP contribution in [0.5, 0.6) is 0 Å². The molecule has 0 radical (unpaired) electrons. The molecular formula is C39H48F2N4O8S2. The quantitative estimate of drug-likeness (QED) is 0.214. The Balaban J connectivity index is 0.000000285. The Morgan fingerprint density at radius 1 is 0.691 bits per heavy atom. The molecule has 4 aromatic carbocycles. The summed E-state index contributed by atoms with van der Waals surface area (Å²) < 4.78 is 82.4. The van der Waals surface area contributed by atoms with Crippen LogP contribution in [0.25, 0.3) is 0 Å². The van der Waals surface area contributed by atoms with Crippen molar-refractivity contribution >= 4 is 31.6 Å². The van der Waals surface area contributed by atoms with Gasteiger partial charge in [-0.15, -0.1) is 0 Å². The van der Waals surface area contributed by atoms with Crippen molar-refractivity contribution in [3.8, 4) is 0 Å². The number of aryl methyl sites for hydroxylation is 2.